The molecule has 2 heterocycles. The van der Waals surface area contributed by atoms with Gasteiger partial charge in [0, 0.05) is 33.0 Å². The van der Waals surface area contributed by atoms with Crippen molar-refractivity contribution in [1.29, 1.82) is 0 Å². The van der Waals surface area contributed by atoms with Crippen LogP contribution >= 0.6 is 0 Å². The first-order chi connectivity index (χ1) is 15.4. The van der Waals surface area contributed by atoms with Crippen molar-refractivity contribution in [2.75, 3.05) is 25.7 Å². The molecule has 0 saturated heterocycles. The number of ether oxygens (including phenoxy) is 1. The summed E-state index contributed by atoms with van der Waals surface area (Å²) in [6.07, 6.45) is -2.35. The Kier molecular flexibility index (Phi) is 6.41. The van der Waals surface area contributed by atoms with Crippen LogP contribution < -0.4 is 4.90 Å². The molecule has 0 fully saturated rings. The number of aromatic hydroxyl groups is 1. The first-order valence-corrected chi connectivity index (χ1v) is 9.43. The quantitative estimate of drug-likeness (QED) is 0.413. The molecule has 0 radical (unpaired) electrons. The Hall–Kier alpha value is -3.54. The summed E-state index contributed by atoms with van der Waals surface area (Å²) in [6.45, 7) is 7.85. The molecule has 3 aromatic rings. The molecule has 0 aliphatic carbocycles. The molecule has 3 rings (SSSR count). The summed E-state index contributed by atoms with van der Waals surface area (Å²) in [4.78, 5) is 10.3. The van der Waals surface area contributed by atoms with Gasteiger partial charge in [0.25, 0.3) is 0 Å². The Bertz CT molecular complexity index is 1240. The Labute approximate surface area is 185 Å². The average molecular weight is 469 g/mol. The van der Waals surface area contributed by atoms with Crippen molar-refractivity contribution in [2.24, 2.45) is 7.05 Å². The molecular formula is C21H20F5N5O2. The first-order valence-electron chi connectivity index (χ1n) is 9.43. The van der Waals surface area contributed by atoms with Crippen LogP contribution in [0.2, 0.25) is 0 Å². The zero-order valence-corrected chi connectivity index (χ0v) is 17.9. The van der Waals surface area contributed by atoms with Gasteiger partial charge in [-0.3, -0.25) is 0 Å². The van der Waals surface area contributed by atoms with E-state index < -0.39 is 34.7 Å². The highest BCUT2D eigenvalue weighted by atomic mass is 19.4. The molecule has 0 saturated carbocycles. The van der Waals surface area contributed by atoms with E-state index in [4.69, 9.17) is 4.74 Å². The fourth-order valence-corrected chi connectivity index (χ4v) is 3.30. The number of alkyl halides is 3. The first kappa shape index (κ1) is 24.1. The number of hydrogen-bond donors (Lipinski definition) is 1. The molecule has 0 aliphatic heterocycles. The van der Waals surface area contributed by atoms with Gasteiger partial charge in [0.15, 0.2) is 23.0 Å². The summed E-state index contributed by atoms with van der Waals surface area (Å²) in [5.41, 5.74) is -2.05. The second-order valence-electron chi connectivity index (χ2n) is 7.19. The van der Waals surface area contributed by atoms with Crippen LogP contribution in [0.15, 0.2) is 37.1 Å². The largest absolute Gasteiger partial charge is 0.503 e. The normalized spacial score (nSPS) is 12.7. The molecule has 1 N–H and O–H groups in total. The zero-order valence-electron chi connectivity index (χ0n) is 17.9. The molecule has 0 spiro atoms. The van der Waals surface area contributed by atoms with Crippen molar-refractivity contribution in [3.05, 3.63) is 54.3 Å². The van der Waals surface area contributed by atoms with Crippen molar-refractivity contribution >= 4 is 17.0 Å². The van der Waals surface area contributed by atoms with Gasteiger partial charge in [0.2, 0.25) is 5.95 Å². The maximum Gasteiger partial charge on any atom is 0.419 e. The van der Waals surface area contributed by atoms with Crippen LogP contribution in [0.5, 0.6) is 5.75 Å². The van der Waals surface area contributed by atoms with Crippen molar-refractivity contribution < 1.29 is 31.8 Å². The predicted octanol–water partition coefficient (Wildman–Crippen LogP) is 4.23. The lowest BCUT2D eigenvalue weighted by Crippen LogP contribution is -2.37. The number of aryl methyl sites for hydroxylation is 1. The minimum atomic E-state index is -5.16. The number of halogens is 5. The van der Waals surface area contributed by atoms with E-state index in [-0.39, 0.29) is 41.4 Å². The van der Waals surface area contributed by atoms with Crippen LogP contribution in [0.3, 0.4) is 0 Å². The Balaban J connectivity index is 2.17. The van der Waals surface area contributed by atoms with Gasteiger partial charge >= 0.3 is 6.18 Å². The molecule has 1 atom stereocenters. The van der Waals surface area contributed by atoms with Gasteiger partial charge in [-0.05, 0) is 11.6 Å². The zero-order chi connectivity index (χ0) is 24.7. The number of rotatable bonds is 7. The molecule has 7 nitrogen and oxygen atoms in total. The third-order valence-corrected chi connectivity index (χ3v) is 5.10. The molecule has 176 valence electrons. The van der Waals surface area contributed by atoms with E-state index in [1.807, 2.05) is 0 Å². The van der Waals surface area contributed by atoms with Gasteiger partial charge in [0.1, 0.15) is 5.69 Å². The van der Waals surface area contributed by atoms with Crippen molar-refractivity contribution in [1.82, 2.24) is 19.7 Å². The number of methoxy groups -OCH3 is 1. The number of benzene rings is 1. The SMILES string of the molecule is C=CC(=C)C(COC)N(C)c1ncc2c(-c3cc(C(F)(F)F)c(F)c(O)c3F)nn(C)c2n1. The second-order valence-corrected chi connectivity index (χ2v) is 7.19. The number of anilines is 1. The smallest absolute Gasteiger partial charge is 0.419 e. The molecule has 1 aromatic carbocycles. The highest BCUT2D eigenvalue weighted by Crippen LogP contribution is 2.41. The lowest BCUT2D eigenvalue weighted by atomic mass is 10.0. The minimum Gasteiger partial charge on any atom is -0.503 e. The van der Waals surface area contributed by atoms with Crippen LogP contribution in [0, 0.1) is 11.6 Å². The van der Waals surface area contributed by atoms with Gasteiger partial charge < -0.3 is 14.7 Å². The third kappa shape index (κ3) is 4.25. The maximum atomic E-state index is 14.6. The molecule has 2 aromatic heterocycles. The number of aromatic nitrogens is 4. The topological polar surface area (TPSA) is 76.3 Å². The van der Waals surface area contributed by atoms with Gasteiger partial charge in [-0.2, -0.15) is 23.3 Å². The molecule has 0 amide bonds. The van der Waals surface area contributed by atoms with Crippen LogP contribution in [0.25, 0.3) is 22.3 Å². The summed E-state index contributed by atoms with van der Waals surface area (Å²) >= 11 is 0. The lowest BCUT2D eigenvalue weighted by molar-refractivity contribution is -0.140. The standard InChI is InChI=1S/C21H20F5N5O2/c1-6-10(2)14(9-33-5)30(3)20-27-8-12-17(29-31(4)19(12)28-20)11-7-13(21(24,25)26)16(23)18(32)15(11)22/h6-8,14,32H,1-2,9H2,3-5H3. The van der Waals surface area contributed by atoms with Crippen molar-refractivity contribution in [3.8, 4) is 17.0 Å². The average Bonchev–Trinajstić information content (AvgIpc) is 3.09. The third-order valence-electron chi connectivity index (χ3n) is 5.10. The molecule has 0 bridgehead atoms. The molecule has 12 heteroatoms. The van der Waals surface area contributed by atoms with E-state index in [0.29, 0.717) is 5.57 Å². The van der Waals surface area contributed by atoms with Crippen LogP contribution in [-0.4, -0.2) is 51.7 Å². The summed E-state index contributed by atoms with van der Waals surface area (Å²) in [5.74, 6) is -5.22. The number of phenols is 1. The van der Waals surface area contributed by atoms with Crippen molar-refractivity contribution in [2.45, 2.75) is 12.2 Å². The minimum absolute atomic E-state index is 0.0959. The van der Waals surface area contributed by atoms with Crippen LogP contribution in [0.1, 0.15) is 5.56 Å². The fraction of sp³-hybridized carbons (Fsp3) is 0.286. The van der Waals surface area contributed by atoms with Crippen molar-refractivity contribution in [3.63, 3.8) is 0 Å². The van der Waals surface area contributed by atoms with E-state index in [9.17, 15) is 27.1 Å². The van der Waals surface area contributed by atoms with Gasteiger partial charge in [-0.25, -0.2) is 18.4 Å². The molecular weight excluding hydrogens is 449 g/mol. The van der Waals surface area contributed by atoms with E-state index in [1.54, 1.807) is 18.0 Å². The van der Waals surface area contributed by atoms with E-state index in [2.05, 4.69) is 28.2 Å². The van der Waals surface area contributed by atoms with Gasteiger partial charge in [-0.1, -0.05) is 19.2 Å². The fourth-order valence-electron chi connectivity index (χ4n) is 3.30. The summed E-state index contributed by atoms with van der Waals surface area (Å²) in [6, 6.07) is -0.104. The predicted molar refractivity (Wildman–Crippen MR) is 112 cm³/mol. The molecule has 1 unspecified atom stereocenters. The number of nitrogens with zero attached hydrogens (tertiary/aromatic N) is 5. The van der Waals surface area contributed by atoms with Gasteiger partial charge in [-0.15, -0.1) is 0 Å². The summed E-state index contributed by atoms with van der Waals surface area (Å²) < 4.78 is 74.5. The number of phenolic OH excluding ortho intramolecular Hbond substituents is 1. The highest BCUT2D eigenvalue weighted by Gasteiger charge is 2.38. The number of hydrogen-bond acceptors (Lipinski definition) is 6. The Morgan fingerprint density at radius 1 is 1.33 bits per heavy atom. The highest BCUT2D eigenvalue weighted by molar-refractivity contribution is 5.91. The monoisotopic (exact) mass is 469 g/mol. The number of likely N-dealkylation sites (N-methyl/N-ethyl adjacent to an activating group) is 1. The Morgan fingerprint density at radius 3 is 2.58 bits per heavy atom. The van der Waals surface area contributed by atoms with E-state index in [0.717, 1.165) is 0 Å². The maximum absolute atomic E-state index is 14.6. The van der Waals surface area contributed by atoms with E-state index >= 15 is 0 Å². The molecule has 33 heavy (non-hydrogen) atoms. The van der Waals surface area contributed by atoms with Gasteiger partial charge in [0.05, 0.1) is 23.6 Å². The van der Waals surface area contributed by atoms with E-state index in [1.165, 1.54) is 25.0 Å². The Morgan fingerprint density at radius 2 is 2.00 bits per heavy atom. The summed E-state index contributed by atoms with van der Waals surface area (Å²) in [5, 5.41) is 13.8. The lowest BCUT2D eigenvalue weighted by Gasteiger charge is -2.28. The van der Waals surface area contributed by atoms with Crippen LogP contribution in [0.4, 0.5) is 27.9 Å². The number of fused-ring (bicyclic) bond motifs is 1. The molecule has 0 aliphatic rings. The van der Waals surface area contributed by atoms with Crippen LogP contribution in [-0.2, 0) is 18.0 Å². The summed E-state index contributed by atoms with van der Waals surface area (Å²) in [7, 11) is 4.64. The second kappa shape index (κ2) is 8.77.